The number of carbonyl (C=O) groups is 1. The smallest absolute Gasteiger partial charge is 0.409 e. The van der Waals surface area contributed by atoms with Crippen LogP contribution in [-0.2, 0) is 17.6 Å². The molecule has 1 saturated heterocycles. The molecular formula is C28H28N2O2S. The van der Waals surface area contributed by atoms with Crippen LogP contribution in [-0.4, -0.2) is 35.7 Å². The molecule has 168 valence electrons. The van der Waals surface area contributed by atoms with Crippen LogP contribution >= 0.6 is 11.8 Å². The standard InChI is InChI=1S/C28H28N2O2S/c1-2-32-28(31)30-18-15-21(16-19-30)26-23-11-7-6-8-20(23)12-13-24-25(14-17-29-27(24)26)33-22-9-4-3-5-10-22/h3-11,14,17H,2,12-13,15-16,18-19H2,1H3. The third-order valence-corrected chi connectivity index (χ3v) is 7.51. The fourth-order valence-corrected chi connectivity index (χ4v) is 5.79. The molecule has 0 unspecified atom stereocenters. The Hall–Kier alpha value is -3.05. The van der Waals surface area contributed by atoms with Crippen molar-refractivity contribution in [3.63, 3.8) is 0 Å². The molecule has 0 atom stereocenters. The number of aromatic nitrogens is 1. The maximum absolute atomic E-state index is 12.2. The van der Waals surface area contributed by atoms with Gasteiger partial charge >= 0.3 is 6.09 Å². The fraction of sp³-hybridized carbons (Fsp3) is 0.286. The van der Waals surface area contributed by atoms with E-state index in [1.165, 1.54) is 37.6 Å². The van der Waals surface area contributed by atoms with Crippen molar-refractivity contribution in [3.05, 3.63) is 94.8 Å². The minimum atomic E-state index is -0.206. The van der Waals surface area contributed by atoms with Crippen LogP contribution < -0.4 is 0 Å². The molecule has 0 N–H and O–H groups in total. The number of piperidine rings is 1. The quantitative estimate of drug-likeness (QED) is 0.458. The summed E-state index contributed by atoms with van der Waals surface area (Å²) in [5.41, 5.74) is 7.78. The number of fused-ring (bicyclic) bond motifs is 2. The predicted molar refractivity (Wildman–Crippen MR) is 133 cm³/mol. The Bertz CT molecular complexity index is 1180. The maximum Gasteiger partial charge on any atom is 0.409 e. The highest BCUT2D eigenvalue weighted by Gasteiger charge is 2.27. The lowest BCUT2D eigenvalue weighted by atomic mass is 9.88. The van der Waals surface area contributed by atoms with Crippen LogP contribution in [0.15, 0.2) is 82.2 Å². The number of likely N-dealkylation sites (tertiary alicyclic amines) is 1. The predicted octanol–water partition coefficient (Wildman–Crippen LogP) is 6.39. The number of pyridine rings is 1. The zero-order valence-electron chi connectivity index (χ0n) is 18.9. The third kappa shape index (κ3) is 4.55. The summed E-state index contributed by atoms with van der Waals surface area (Å²) in [6.45, 7) is 3.64. The van der Waals surface area contributed by atoms with Gasteiger partial charge in [-0.05, 0) is 67.5 Å². The number of amides is 1. The SMILES string of the molecule is CCOC(=O)N1CCC(=C2c3ccccc3CCc3c(Sc4ccccc4)ccnc32)CC1. The van der Waals surface area contributed by atoms with Crippen LogP contribution in [0.5, 0.6) is 0 Å². The largest absolute Gasteiger partial charge is 0.450 e. The molecule has 4 nitrogen and oxygen atoms in total. The molecule has 2 heterocycles. The highest BCUT2D eigenvalue weighted by molar-refractivity contribution is 7.99. The first kappa shape index (κ1) is 21.8. The molecule has 1 fully saturated rings. The molecule has 5 rings (SSSR count). The normalized spacial score (nSPS) is 15.5. The molecule has 1 amide bonds. The van der Waals surface area contributed by atoms with Crippen molar-refractivity contribution in [2.75, 3.05) is 19.7 Å². The second-order valence-corrected chi connectivity index (χ2v) is 9.49. The fourth-order valence-electron chi connectivity index (χ4n) is 4.79. The van der Waals surface area contributed by atoms with Gasteiger partial charge in [-0.1, -0.05) is 59.8 Å². The summed E-state index contributed by atoms with van der Waals surface area (Å²) in [7, 11) is 0. The number of rotatable bonds is 3. The zero-order chi connectivity index (χ0) is 22.6. The van der Waals surface area contributed by atoms with Crippen LogP contribution in [0.4, 0.5) is 4.79 Å². The summed E-state index contributed by atoms with van der Waals surface area (Å²) in [5.74, 6) is 0. The van der Waals surface area contributed by atoms with Crippen molar-refractivity contribution >= 4 is 23.4 Å². The number of benzene rings is 2. The van der Waals surface area contributed by atoms with Gasteiger partial charge in [0.15, 0.2) is 0 Å². The Kier molecular flexibility index (Phi) is 6.49. The molecule has 1 aromatic heterocycles. The van der Waals surface area contributed by atoms with Gasteiger partial charge in [0.05, 0.1) is 12.3 Å². The summed E-state index contributed by atoms with van der Waals surface area (Å²) >= 11 is 1.82. The molecule has 5 heteroatoms. The number of aryl methyl sites for hydroxylation is 1. The topological polar surface area (TPSA) is 42.4 Å². The minimum absolute atomic E-state index is 0.206. The first-order valence-electron chi connectivity index (χ1n) is 11.7. The molecule has 2 aliphatic rings. The molecule has 0 spiro atoms. The van der Waals surface area contributed by atoms with Gasteiger partial charge in [0.25, 0.3) is 0 Å². The number of hydrogen-bond acceptors (Lipinski definition) is 4. The number of ether oxygens (including phenoxy) is 1. The first-order valence-corrected chi connectivity index (χ1v) is 12.5. The summed E-state index contributed by atoms with van der Waals surface area (Å²) in [5, 5.41) is 0. The van der Waals surface area contributed by atoms with E-state index in [1.807, 2.05) is 29.8 Å². The molecule has 1 aliphatic carbocycles. The van der Waals surface area contributed by atoms with Crippen molar-refractivity contribution < 1.29 is 9.53 Å². The van der Waals surface area contributed by atoms with E-state index in [2.05, 4.69) is 60.7 Å². The van der Waals surface area contributed by atoms with Gasteiger partial charge in [-0.25, -0.2) is 4.79 Å². The highest BCUT2D eigenvalue weighted by Crippen LogP contribution is 2.41. The summed E-state index contributed by atoms with van der Waals surface area (Å²) in [6, 6.07) is 21.4. The third-order valence-electron chi connectivity index (χ3n) is 6.40. The second-order valence-electron chi connectivity index (χ2n) is 8.37. The molecular weight excluding hydrogens is 428 g/mol. The highest BCUT2D eigenvalue weighted by atomic mass is 32.2. The van der Waals surface area contributed by atoms with Gasteiger partial charge in [0.1, 0.15) is 0 Å². The number of nitrogens with zero attached hydrogens (tertiary/aromatic N) is 2. The van der Waals surface area contributed by atoms with Crippen molar-refractivity contribution in [3.8, 4) is 0 Å². The second kappa shape index (κ2) is 9.84. The molecule has 1 aliphatic heterocycles. The summed E-state index contributed by atoms with van der Waals surface area (Å²) < 4.78 is 5.22. The van der Waals surface area contributed by atoms with Gasteiger partial charge < -0.3 is 9.64 Å². The van der Waals surface area contributed by atoms with E-state index < -0.39 is 0 Å². The van der Waals surface area contributed by atoms with E-state index >= 15 is 0 Å². The molecule has 0 bridgehead atoms. The van der Waals surface area contributed by atoms with E-state index in [1.54, 1.807) is 0 Å². The zero-order valence-corrected chi connectivity index (χ0v) is 19.7. The van der Waals surface area contributed by atoms with Crippen LogP contribution in [0.2, 0.25) is 0 Å². The van der Waals surface area contributed by atoms with E-state index in [-0.39, 0.29) is 6.09 Å². The van der Waals surface area contributed by atoms with E-state index in [0.29, 0.717) is 19.7 Å². The number of carbonyl (C=O) groups excluding carboxylic acids is 1. The molecule has 2 aromatic carbocycles. The van der Waals surface area contributed by atoms with Gasteiger partial charge in [-0.3, -0.25) is 4.98 Å². The van der Waals surface area contributed by atoms with Crippen LogP contribution in [0.25, 0.3) is 5.57 Å². The molecule has 0 radical (unpaired) electrons. The Morgan fingerprint density at radius 1 is 0.970 bits per heavy atom. The number of hydrogen-bond donors (Lipinski definition) is 0. The summed E-state index contributed by atoms with van der Waals surface area (Å²) in [4.78, 5) is 21.5. The van der Waals surface area contributed by atoms with Crippen molar-refractivity contribution in [1.29, 1.82) is 0 Å². The molecule has 0 saturated carbocycles. The monoisotopic (exact) mass is 456 g/mol. The lowest BCUT2D eigenvalue weighted by molar-refractivity contribution is 0.104. The Balaban J connectivity index is 1.56. The van der Waals surface area contributed by atoms with Crippen molar-refractivity contribution in [2.24, 2.45) is 0 Å². The van der Waals surface area contributed by atoms with Crippen molar-refractivity contribution in [1.82, 2.24) is 9.88 Å². The molecule has 3 aromatic rings. The van der Waals surface area contributed by atoms with E-state index in [4.69, 9.17) is 9.72 Å². The Labute approximate surface area is 199 Å². The van der Waals surface area contributed by atoms with E-state index in [9.17, 15) is 4.79 Å². The van der Waals surface area contributed by atoms with Gasteiger partial charge in [0, 0.05) is 34.7 Å². The lowest BCUT2D eigenvalue weighted by Crippen LogP contribution is -2.37. The Morgan fingerprint density at radius 3 is 2.52 bits per heavy atom. The first-order chi connectivity index (χ1) is 16.2. The average Bonchev–Trinajstić information content (AvgIpc) is 3.02. The average molecular weight is 457 g/mol. The van der Waals surface area contributed by atoms with Gasteiger partial charge in [-0.15, -0.1) is 0 Å². The minimum Gasteiger partial charge on any atom is -0.450 e. The maximum atomic E-state index is 12.2. The van der Waals surface area contributed by atoms with Crippen molar-refractivity contribution in [2.45, 2.75) is 42.4 Å². The summed E-state index contributed by atoms with van der Waals surface area (Å²) in [6.07, 6.45) is 5.42. The van der Waals surface area contributed by atoms with Crippen LogP contribution in [0, 0.1) is 0 Å². The van der Waals surface area contributed by atoms with Crippen LogP contribution in [0.1, 0.15) is 42.1 Å². The molecule has 33 heavy (non-hydrogen) atoms. The lowest BCUT2D eigenvalue weighted by Gasteiger charge is -2.29. The Morgan fingerprint density at radius 2 is 1.73 bits per heavy atom. The van der Waals surface area contributed by atoms with Gasteiger partial charge in [0.2, 0.25) is 0 Å². The van der Waals surface area contributed by atoms with E-state index in [0.717, 1.165) is 31.4 Å². The van der Waals surface area contributed by atoms with Crippen LogP contribution in [0.3, 0.4) is 0 Å². The van der Waals surface area contributed by atoms with Gasteiger partial charge in [-0.2, -0.15) is 0 Å².